The van der Waals surface area contributed by atoms with Gasteiger partial charge in [-0.15, -0.1) is 13.2 Å². The Labute approximate surface area is 94.7 Å². The van der Waals surface area contributed by atoms with E-state index in [0.29, 0.717) is 10.0 Å². The number of hydrogen-bond acceptors (Lipinski definition) is 2. The second-order valence-corrected chi connectivity index (χ2v) is 4.05. The maximum atomic E-state index is 11.9. The highest BCUT2D eigenvalue weighted by Gasteiger charge is 2.33. The molecule has 1 aromatic heterocycles. The number of pyridine rings is 1. The van der Waals surface area contributed by atoms with Gasteiger partial charge in [0, 0.05) is 10.7 Å². The molecule has 0 aliphatic heterocycles. The molecule has 0 atom stereocenters. The number of nitrogens with zero attached hydrogens (tertiary/aromatic N) is 1. The quantitative estimate of drug-likeness (QED) is 0.779. The van der Waals surface area contributed by atoms with Gasteiger partial charge in [0.1, 0.15) is 0 Å². The molecule has 0 amide bonds. The second kappa shape index (κ2) is 4.06. The van der Waals surface area contributed by atoms with Gasteiger partial charge in [0.25, 0.3) is 0 Å². The highest BCUT2D eigenvalue weighted by atomic mass is 79.9. The zero-order valence-electron chi connectivity index (χ0n) is 6.82. The van der Waals surface area contributed by atoms with Gasteiger partial charge < -0.3 is 4.74 Å². The third-order valence-electron chi connectivity index (χ3n) is 1.38. The van der Waals surface area contributed by atoms with E-state index in [4.69, 9.17) is 0 Å². The molecule has 1 aromatic rings. The fourth-order valence-corrected chi connectivity index (χ4v) is 1.68. The summed E-state index contributed by atoms with van der Waals surface area (Å²) in [5.74, 6) is -0.488. The monoisotopic (exact) mass is 333 g/mol. The molecule has 1 rings (SSSR count). The fourth-order valence-electron chi connectivity index (χ4n) is 0.715. The van der Waals surface area contributed by atoms with Crippen LogP contribution in [0.25, 0.3) is 0 Å². The highest BCUT2D eigenvalue weighted by Crippen LogP contribution is 2.33. The molecule has 0 bridgehead atoms. The predicted molar refractivity (Wildman–Crippen MR) is 51.1 cm³/mol. The Kier molecular flexibility index (Phi) is 3.41. The Hall–Kier alpha value is -0.300. The molecule has 2 nitrogen and oxygen atoms in total. The van der Waals surface area contributed by atoms with Gasteiger partial charge in [0.15, 0.2) is 0 Å². The average Bonchev–Trinajstić information content (AvgIpc) is 2.04. The largest absolute Gasteiger partial charge is 0.574 e. The van der Waals surface area contributed by atoms with E-state index < -0.39 is 12.2 Å². The molecule has 0 saturated carbocycles. The summed E-state index contributed by atoms with van der Waals surface area (Å²) < 4.78 is 40.1. The molecular formula is C7H4Br2F3NO. The molecule has 0 fully saturated rings. The second-order valence-electron chi connectivity index (χ2n) is 2.40. The molecule has 0 saturated heterocycles. The van der Waals surface area contributed by atoms with Crippen LogP contribution in [0.3, 0.4) is 0 Å². The molecule has 14 heavy (non-hydrogen) atoms. The summed E-state index contributed by atoms with van der Waals surface area (Å²) in [5.41, 5.74) is 0.597. The molecule has 0 N–H and O–H groups in total. The van der Waals surface area contributed by atoms with Gasteiger partial charge in [-0.05, 0) is 44.3 Å². The van der Waals surface area contributed by atoms with Crippen molar-refractivity contribution in [1.82, 2.24) is 4.98 Å². The molecule has 7 heteroatoms. The number of ether oxygens (including phenoxy) is 1. The average molecular weight is 335 g/mol. The number of rotatable bonds is 1. The van der Waals surface area contributed by atoms with E-state index in [-0.39, 0.29) is 4.47 Å². The molecule has 78 valence electrons. The van der Waals surface area contributed by atoms with Crippen LogP contribution in [-0.2, 0) is 0 Å². The van der Waals surface area contributed by atoms with E-state index in [1.165, 1.54) is 6.20 Å². The lowest BCUT2D eigenvalue weighted by Crippen LogP contribution is -2.18. The SMILES string of the molecule is Cc1c(Br)cnc(OC(F)(F)F)c1Br. The van der Waals surface area contributed by atoms with Gasteiger partial charge in [-0.1, -0.05) is 0 Å². The molecule has 0 radical (unpaired) electrons. The molecular weight excluding hydrogens is 331 g/mol. The first-order chi connectivity index (χ1) is 6.31. The first-order valence-corrected chi connectivity index (χ1v) is 4.96. The molecule has 0 unspecified atom stereocenters. The number of alkyl halides is 3. The summed E-state index contributed by atoms with van der Waals surface area (Å²) >= 11 is 6.10. The summed E-state index contributed by atoms with van der Waals surface area (Å²) in [5, 5.41) is 0. The molecule has 0 spiro atoms. The van der Waals surface area contributed by atoms with Gasteiger partial charge in [-0.3, -0.25) is 0 Å². The zero-order chi connectivity index (χ0) is 10.9. The molecule has 1 heterocycles. The number of hydrogen-bond donors (Lipinski definition) is 0. The third kappa shape index (κ3) is 2.84. The van der Waals surface area contributed by atoms with E-state index in [1.54, 1.807) is 6.92 Å². The van der Waals surface area contributed by atoms with Crippen LogP contribution in [-0.4, -0.2) is 11.3 Å². The van der Waals surface area contributed by atoms with Crippen LogP contribution in [0.15, 0.2) is 15.1 Å². The van der Waals surface area contributed by atoms with Crippen molar-refractivity contribution in [2.45, 2.75) is 13.3 Å². The maximum absolute atomic E-state index is 11.9. The molecule has 0 aliphatic rings. The Morgan fingerprint density at radius 1 is 1.36 bits per heavy atom. The van der Waals surface area contributed by atoms with Crippen LogP contribution in [0.1, 0.15) is 5.56 Å². The van der Waals surface area contributed by atoms with E-state index in [1.807, 2.05) is 0 Å². The van der Waals surface area contributed by atoms with Gasteiger partial charge in [0.2, 0.25) is 5.88 Å². The molecule has 0 aliphatic carbocycles. The first-order valence-electron chi connectivity index (χ1n) is 3.37. The van der Waals surface area contributed by atoms with Crippen molar-refractivity contribution in [1.29, 1.82) is 0 Å². The van der Waals surface area contributed by atoms with Crippen molar-refractivity contribution < 1.29 is 17.9 Å². The maximum Gasteiger partial charge on any atom is 0.574 e. The van der Waals surface area contributed by atoms with Crippen molar-refractivity contribution in [2.24, 2.45) is 0 Å². The third-order valence-corrected chi connectivity index (χ3v) is 3.12. The topological polar surface area (TPSA) is 22.1 Å². The minimum absolute atomic E-state index is 0.184. The van der Waals surface area contributed by atoms with E-state index in [9.17, 15) is 13.2 Å². The summed E-state index contributed by atoms with van der Waals surface area (Å²) in [7, 11) is 0. The number of aromatic nitrogens is 1. The van der Waals surface area contributed by atoms with Crippen LogP contribution in [0.4, 0.5) is 13.2 Å². The number of halogens is 5. The Bertz CT molecular complexity index is 354. The fraction of sp³-hybridized carbons (Fsp3) is 0.286. The van der Waals surface area contributed by atoms with Crippen LogP contribution in [0.5, 0.6) is 5.88 Å². The summed E-state index contributed by atoms with van der Waals surface area (Å²) in [6.07, 6.45) is -3.48. The summed E-state index contributed by atoms with van der Waals surface area (Å²) in [6.45, 7) is 1.64. The standard InChI is InChI=1S/C7H4Br2F3NO/c1-3-4(8)2-13-6(5(3)9)14-7(10,11)12/h2H,1H3. The minimum Gasteiger partial charge on any atom is -0.387 e. The van der Waals surface area contributed by atoms with Crippen molar-refractivity contribution in [3.05, 3.63) is 20.7 Å². The van der Waals surface area contributed by atoms with Gasteiger partial charge >= 0.3 is 6.36 Å². The molecule has 0 aromatic carbocycles. The lowest BCUT2D eigenvalue weighted by atomic mass is 10.3. The normalized spacial score (nSPS) is 11.6. The highest BCUT2D eigenvalue weighted by molar-refractivity contribution is 9.11. The summed E-state index contributed by atoms with van der Waals surface area (Å²) in [6, 6.07) is 0. The van der Waals surface area contributed by atoms with Gasteiger partial charge in [-0.2, -0.15) is 0 Å². The van der Waals surface area contributed by atoms with Crippen LogP contribution < -0.4 is 4.74 Å². The van der Waals surface area contributed by atoms with Crippen molar-refractivity contribution in [3.63, 3.8) is 0 Å². The Morgan fingerprint density at radius 2 is 1.93 bits per heavy atom. The minimum atomic E-state index is -4.73. The lowest BCUT2D eigenvalue weighted by Gasteiger charge is -2.11. The van der Waals surface area contributed by atoms with E-state index >= 15 is 0 Å². The summed E-state index contributed by atoms with van der Waals surface area (Å²) in [4.78, 5) is 3.49. The van der Waals surface area contributed by atoms with Gasteiger partial charge in [0.05, 0.1) is 4.47 Å². The van der Waals surface area contributed by atoms with Crippen LogP contribution in [0.2, 0.25) is 0 Å². The van der Waals surface area contributed by atoms with Gasteiger partial charge in [-0.25, -0.2) is 4.98 Å². The van der Waals surface area contributed by atoms with Crippen LogP contribution in [0, 0.1) is 6.92 Å². The Balaban J connectivity index is 3.06. The van der Waals surface area contributed by atoms with Crippen molar-refractivity contribution in [2.75, 3.05) is 0 Å². The van der Waals surface area contributed by atoms with E-state index in [0.717, 1.165) is 0 Å². The smallest absolute Gasteiger partial charge is 0.387 e. The van der Waals surface area contributed by atoms with Crippen molar-refractivity contribution in [3.8, 4) is 5.88 Å². The van der Waals surface area contributed by atoms with Crippen LogP contribution >= 0.6 is 31.9 Å². The predicted octanol–water partition coefficient (Wildman–Crippen LogP) is 3.81. The van der Waals surface area contributed by atoms with E-state index in [2.05, 4.69) is 41.6 Å². The first kappa shape index (κ1) is 11.8. The lowest BCUT2D eigenvalue weighted by molar-refractivity contribution is -0.276. The Morgan fingerprint density at radius 3 is 2.43 bits per heavy atom. The van der Waals surface area contributed by atoms with Crippen molar-refractivity contribution >= 4 is 31.9 Å². The zero-order valence-corrected chi connectivity index (χ0v) is 9.99.